The van der Waals surface area contributed by atoms with Crippen LogP contribution >= 0.6 is 23.2 Å². The second-order valence-corrected chi connectivity index (χ2v) is 13.5. The van der Waals surface area contributed by atoms with Gasteiger partial charge in [0.2, 0.25) is 0 Å². The molecule has 11 nitrogen and oxygen atoms in total. The van der Waals surface area contributed by atoms with Crippen molar-refractivity contribution in [3.63, 3.8) is 0 Å². The Morgan fingerprint density at radius 3 is 2.25 bits per heavy atom. The second kappa shape index (κ2) is 16.9. The van der Waals surface area contributed by atoms with Gasteiger partial charge in [0.15, 0.2) is 23.9 Å². The maximum absolute atomic E-state index is 13.8. The van der Waals surface area contributed by atoms with Crippen molar-refractivity contribution in [3.05, 3.63) is 117 Å². The number of methoxy groups -OCH3 is 2. The van der Waals surface area contributed by atoms with Gasteiger partial charge in [-0.1, -0.05) is 53.5 Å². The lowest BCUT2D eigenvalue weighted by Gasteiger charge is -2.44. The fourth-order valence-corrected chi connectivity index (χ4v) is 7.28. The molecule has 0 saturated carbocycles. The Kier molecular flexibility index (Phi) is 12.1. The van der Waals surface area contributed by atoms with E-state index in [0.29, 0.717) is 45.3 Å². The normalized spacial score (nSPS) is 18.3. The zero-order valence-electron chi connectivity index (χ0n) is 28.9. The highest BCUT2D eigenvalue weighted by molar-refractivity contribution is 6.35. The van der Waals surface area contributed by atoms with Gasteiger partial charge < -0.3 is 28.9 Å². The fraction of sp³-hybridized carbons (Fsp3) is 0.342. The summed E-state index contributed by atoms with van der Waals surface area (Å²) in [6.45, 7) is -0.247. The number of halogens is 4. The number of carbonyl (C=O) groups excluding carboxylic acids is 2. The predicted molar refractivity (Wildman–Crippen MR) is 192 cm³/mol. The van der Waals surface area contributed by atoms with Gasteiger partial charge in [0.1, 0.15) is 28.0 Å². The van der Waals surface area contributed by atoms with Crippen molar-refractivity contribution in [1.82, 2.24) is 4.90 Å². The molecule has 3 aliphatic heterocycles. The van der Waals surface area contributed by atoms with Crippen LogP contribution < -0.4 is 23.8 Å². The molecule has 0 aliphatic carbocycles. The van der Waals surface area contributed by atoms with Gasteiger partial charge in [-0.2, -0.15) is 13.5 Å². The third-order valence-corrected chi connectivity index (χ3v) is 10.1. The summed E-state index contributed by atoms with van der Waals surface area (Å²) in [7, 11) is 2.81. The lowest BCUT2D eigenvalue weighted by molar-refractivity contribution is -0.605. The second-order valence-electron chi connectivity index (χ2n) is 12.7. The van der Waals surface area contributed by atoms with Crippen LogP contribution in [0, 0.1) is 11.1 Å². The molecule has 4 aromatic rings. The molecule has 53 heavy (non-hydrogen) atoms. The first-order valence-electron chi connectivity index (χ1n) is 16.9. The van der Waals surface area contributed by atoms with E-state index < -0.39 is 24.8 Å². The molecule has 2 bridgehead atoms. The van der Waals surface area contributed by atoms with Gasteiger partial charge in [-0.05, 0) is 79.4 Å². The van der Waals surface area contributed by atoms with Crippen molar-refractivity contribution in [3.8, 4) is 17.2 Å². The third-order valence-electron chi connectivity index (χ3n) is 9.45. The molecule has 7 rings (SSSR count). The van der Waals surface area contributed by atoms with E-state index in [0.717, 1.165) is 38.3 Å². The average Bonchev–Trinajstić information content (AvgIpc) is 3.15. The number of pyridine rings is 1. The lowest BCUT2D eigenvalue weighted by Crippen LogP contribution is -2.53. The number of aromatic nitrogens is 1. The van der Waals surface area contributed by atoms with E-state index in [4.69, 9.17) is 42.1 Å². The van der Waals surface area contributed by atoms with E-state index in [2.05, 4.69) is 9.64 Å². The number of rotatable bonds is 13. The summed E-state index contributed by atoms with van der Waals surface area (Å²) in [5, 5.41) is 12.0. The predicted octanol–water partition coefficient (Wildman–Crippen LogP) is 7.62. The van der Waals surface area contributed by atoms with Crippen LogP contribution in [0.15, 0.2) is 79.1 Å². The molecule has 0 unspecified atom stereocenters. The van der Waals surface area contributed by atoms with Gasteiger partial charge in [0.05, 0.1) is 32.0 Å². The van der Waals surface area contributed by atoms with E-state index in [-0.39, 0.29) is 46.2 Å². The van der Waals surface area contributed by atoms with Crippen molar-refractivity contribution in [1.29, 1.82) is 0 Å². The first-order valence-corrected chi connectivity index (χ1v) is 17.6. The number of esters is 1. The van der Waals surface area contributed by atoms with E-state index >= 15 is 0 Å². The number of anilines is 1. The number of para-hydroxylation sites is 2. The number of nitrogens with zero attached hydrogens (tertiary/aromatic N) is 3. The topological polar surface area (TPSA) is 114 Å². The monoisotopic (exact) mass is 771 g/mol. The minimum absolute atomic E-state index is 0.0255. The number of alkyl halides is 2. The van der Waals surface area contributed by atoms with Crippen LogP contribution in [0.3, 0.4) is 0 Å². The number of hydrogen-bond acceptors (Lipinski definition) is 9. The number of ether oxygens (including phenoxy) is 5. The zero-order valence-corrected chi connectivity index (χ0v) is 30.4. The fourth-order valence-electron chi connectivity index (χ4n) is 6.68. The Bertz CT molecular complexity index is 1910. The molecule has 3 aliphatic rings. The Morgan fingerprint density at radius 2 is 1.62 bits per heavy atom. The first kappa shape index (κ1) is 37.9. The first-order chi connectivity index (χ1) is 25.5. The molecule has 0 spiro atoms. The van der Waals surface area contributed by atoms with Crippen molar-refractivity contribution in [2.45, 2.75) is 44.6 Å². The summed E-state index contributed by atoms with van der Waals surface area (Å²) in [6.07, 6.45) is 2.37. The summed E-state index contributed by atoms with van der Waals surface area (Å²) in [4.78, 5) is 31.3. The molecule has 15 heteroatoms. The highest BCUT2D eigenvalue weighted by Gasteiger charge is 2.38. The number of benzene rings is 3. The van der Waals surface area contributed by atoms with Crippen LogP contribution in [-0.2, 0) is 22.4 Å². The number of carbonyl (C=O) groups is 2. The highest BCUT2D eigenvalue weighted by Crippen LogP contribution is 2.37. The summed E-state index contributed by atoms with van der Waals surface area (Å²) in [6, 6.07) is 17.8. The van der Waals surface area contributed by atoms with E-state index in [1.54, 1.807) is 36.4 Å². The van der Waals surface area contributed by atoms with E-state index in [1.807, 2.05) is 12.1 Å². The van der Waals surface area contributed by atoms with Gasteiger partial charge in [0, 0.05) is 18.5 Å². The van der Waals surface area contributed by atoms with Crippen LogP contribution in [0.1, 0.15) is 46.0 Å². The summed E-state index contributed by atoms with van der Waals surface area (Å²) < 4.78 is 53.9. The van der Waals surface area contributed by atoms with Crippen molar-refractivity contribution in [2.75, 3.05) is 38.8 Å². The Balaban J connectivity index is 1.23. The van der Waals surface area contributed by atoms with Crippen LogP contribution in [0.5, 0.6) is 17.2 Å². The molecule has 3 saturated heterocycles. The maximum atomic E-state index is 13.8. The quantitative estimate of drug-likeness (QED) is 0.0770. The number of amides is 1. The minimum Gasteiger partial charge on any atom is -0.619 e. The Morgan fingerprint density at radius 1 is 0.943 bits per heavy atom. The van der Waals surface area contributed by atoms with Crippen LogP contribution in [-0.4, -0.2) is 63.5 Å². The smallest absolute Gasteiger partial charge is 0.415 e. The maximum Gasteiger partial charge on any atom is 0.415 e. The van der Waals surface area contributed by atoms with Gasteiger partial charge in [-0.3, -0.25) is 9.80 Å². The van der Waals surface area contributed by atoms with Crippen molar-refractivity contribution >= 4 is 41.0 Å². The van der Waals surface area contributed by atoms with Gasteiger partial charge >= 0.3 is 18.7 Å². The zero-order chi connectivity index (χ0) is 37.6. The molecule has 3 fully saturated rings. The van der Waals surface area contributed by atoms with E-state index in [1.165, 1.54) is 37.3 Å². The number of hydrogen-bond donors (Lipinski definition) is 0. The molecule has 0 radical (unpaired) electrons. The van der Waals surface area contributed by atoms with Crippen molar-refractivity contribution < 1.29 is 46.8 Å². The minimum atomic E-state index is -3.09. The van der Waals surface area contributed by atoms with Crippen LogP contribution in [0.2, 0.25) is 10.0 Å². The summed E-state index contributed by atoms with van der Waals surface area (Å²) in [5.41, 5.74) is 2.09. The SMILES string of the molecule is COc1cc([C@H](Cc2c(Cl)c[n+]([O-])cc2Cl)OC(=O)c2ccc(CN(C(=O)O[C@H]3CN4CCC3CC4)c3ccccc3OC)cc2)ccc1OC(F)F. The summed E-state index contributed by atoms with van der Waals surface area (Å²) in [5.74, 6) is -0.149. The molecular formula is C38H37Cl2F2N3O8. The van der Waals surface area contributed by atoms with Gasteiger partial charge in [-0.15, -0.1) is 0 Å². The Labute approximate surface area is 315 Å². The third kappa shape index (κ3) is 9.03. The van der Waals surface area contributed by atoms with Gasteiger partial charge in [0.25, 0.3) is 0 Å². The van der Waals surface area contributed by atoms with Crippen molar-refractivity contribution in [2.24, 2.45) is 5.92 Å². The lowest BCUT2D eigenvalue weighted by atomic mass is 9.86. The van der Waals surface area contributed by atoms with Gasteiger partial charge in [-0.25, -0.2) is 9.59 Å². The Hall–Kier alpha value is -4.85. The number of piperidine rings is 3. The molecule has 4 heterocycles. The molecule has 280 valence electrons. The molecule has 0 N–H and O–H groups in total. The van der Waals surface area contributed by atoms with E-state index in [9.17, 15) is 23.6 Å². The molecule has 1 aromatic heterocycles. The molecule has 1 amide bonds. The van der Waals surface area contributed by atoms with Crippen LogP contribution in [0.25, 0.3) is 0 Å². The van der Waals surface area contributed by atoms with Crippen LogP contribution in [0.4, 0.5) is 19.3 Å². The molecule has 2 atom stereocenters. The molecular weight excluding hydrogens is 735 g/mol. The standard InChI is InChI=1S/C38H37Cl2F2N3O8/c1-49-31-6-4-3-5-30(31)45(38(47)53-35-22-43-15-13-24(35)14-16-43)19-23-7-9-25(10-8-23)36(46)51-33(18-27-28(39)20-44(48)21-29(27)40)26-11-12-32(52-37(41)42)34(17-26)50-2/h3-12,17,20-21,24,33,35,37H,13-16,18-19,22H2,1-2H3/t33-,35-/m0/s1. The molecule has 3 aromatic carbocycles. The largest absolute Gasteiger partial charge is 0.619 e. The summed E-state index contributed by atoms with van der Waals surface area (Å²) >= 11 is 12.7. The average molecular weight is 773 g/mol. The number of fused-ring (bicyclic) bond motifs is 3. The highest BCUT2D eigenvalue weighted by atomic mass is 35.5.